The van der Waals surface area contributed by atoms with Crippen LogP contribution in [0, 0.1) is 0 Å². The molecule has 0 bridgehead atoms. The van der Waals surface area contributed by atoms with E-state index < -0.39 is 18.3 Å². The van der Waals surface area contributed by atoms with Crippen molar-refractivity contribution in [2.24, 2.45) is 0 Å². The van der Waals surface area contributed by atoms with Gasteiger partial charge < -0.3 is 24.9 Å². The van der Waals surface area contributed by atoms with Gasteiger partial charge in [-0.2, -0.15) is 0 Å². The second-order valence-corrected chi connectivity index (χ2v) is 23.3. The van der Waals surface area contributed by atoms with Gasteiger partial charge in [-0.05, 0) is 108 Å². The van der Waals surface area contributed by atoms with Crippen LogP contribution in [-0.2, 0) is 34.0 Å². The predicted octanol–water partition coefficient (Wildman–Crippen LogP) is 9.61. The molecule has 0 radical (unpaired) electrons. The van der Waals surface area contributed by atoms with Gasteiger partial charge in [0.2, 0.25) is 10.0 Å². The minimum Gasteiger partial charge on any atom is -0.508 e. The maximum absolute atomic E-state index is 13.0. The maximum atomic E-state index is 13.0. The highest BCUT2D eigenvalue weighted by Crippen LogP contribution is 2.41. The summed E-state index contributed by atoms with van der Waals surface area (Å²) in [5, 5.41) is 16.3. The number of carbonyl (C=O) groups is 1. The molecule has 0 aromatic heterocycles. The van der Waals surface area contributed by atoms with Gasteiger partial charge in [0.05, 0.1) is 18.0 Å². The van der Waals surface area contributed by atoms with Gasteiger partial charge in [0.15, 0.2) is 8.32 Å². The van der Waals surface area contributed by atoms with Crippen LogP contribution in [0.1, 0.15) is 73.3 Å². The zero-order valence-corrected chi connectivity index (χ0v) is 36.2. The number of sulfonamides is 1. The first-order valence-electron chi connectivity index (χ1n) is 19.2. The molecule has 0 aliphatic heterocycles. The topological polar surface area (TPSA) is 126 Å². The molecule has 302 valence electrons. The second-order valence-electron chi connectivity index (χ2n) is 16.8. The highest BCUT2D eigenvalue weighted by atomic mass is 32.2. The average molecular weight is 808 g/mol. The molecule has 0 saturated carbocycles. The molecule has 0 unspecified atom stereocenters. The van der Waals surface area contributed by atoms with Crippen molar-refractivity contribution in [1.82, 2.24) is 10.6 Å². The van der Waals surface area contributed by atoms with E-state index in [4.69, 9.17) is 9.16 Å². The van der Waals surface area contributed by atoms with Gasteiger partial charge in [0.25, 0.3) is 5.91 Å². The lowest BCUT2D eigenvalue weighted by Gasteiger charge is -2.40. The highest BCUT2D eigenvalue weighted by molar-refractivity contribution is 7.92. The van der Waals surface area contributed by atoms with Crippen molar-refractivity contribution in [3.05, 3.63) is 149 Å². The number of carbonyl (C=O) groups excluding carboxylic acids is 1. The van der Waals surface area contributed by atoms with Crippen LogP contribution in [0.25, 0.3) is 11.1 Å². The van der Waals surface area contributed by atoms with Crippen LogP contribution in [-0.4, -0.2) is 46.1 Å². The van der Waals surface area contributed by atoms with Crippen LogP contribution in [0.3, 0.4) is 0 Å². The maximum Gasteiger partial charge on any atom is 0.251 e. The Balaban J connectivity index is 1.27. The largest absolute Gasteiger partial charge is 0.508 e. The third-order valence-electron chi connectivity index (χ3n) is 10.4. The number of hydrogen-bond acceptors (Lipinski definition) is 7. The molecule has 0 aliphatic rings. The lowest BCUT2D eigenvalue weighted by Crippen LogP contribution is -2.47. The zero-order chi connectivity index (χ0) is 41.4. The number of hydrogen-bond donors (Lipinski definition) is 4. The first kappa shape index (κ1) is 43.2. The van der Waals surface area contributed by atoms with E-state index in [0.717, 1.165) is 39.6 Å². The van der Waals surface area contributed by atoms with Gasteiger partial charge in [0, 0.05) is 24.2 Å². The van der Waals surface area contributed by atoms with Crippen molar-refractivity contribution in [3.8, 4) is 22.6 Å². The molecule has 0 heterocycles. The molecule has 5 aromatic rings. The lowest BCUT2D eigenvalue weighted by atomic mass is 9.93. The number of aromatic hydroxyl groups is 1. The van der Waals surface area contributed by atoms with E-state index in [1.807, 2.05) is 84.9 Å². The smallest absolute Gasteiger partial charge is 0.251 e. The van der Waals surface area contributed by atoms with E-state index in [9.17, 15) is 18.3 Å². The third-order valence-corrected chi connectivity index (χ3v) is 15.4. The fourth-order valence-electron chi connectivity index (χ4n) is 6.19. The molecule has 9 nitrogen and oxygen atoms in total. The molecular formula is C46H57N3O6SSi. The minimum absolute atomic E-state index is 0.0551. The molecule has 5 rings (SSSR count). The predicted molar refractivity (Wildman–Crippen MR) is 234 cm³/mol. The molecule has 4 N–H and O–H groups in total. The normalized spacial score (nSPS) is 12.8. The Morgan fingerprint density at radius 1 is 0.772 bits per heavy atom. The number of ether oxygens (including phenoxy) is 1. The van der Waals surface area contributed by atoms with Gasteiger partial charge in [0.1, 0.15) is 18.1 Å². The Bertz CT molecular complexity index is 2220. The summed E-state index contributed by atoms with van der Waals surface area (Å²) in [6, 6.07) is 38.0. The van der Waals surface area contributed by atoms with E-state index in [-0.39, 0.29) is 28.3 Å². The second kappa shape index (κ2) is 18.1. The average Bonchev–Trinajstić information content (AvgIpc) is 3.14. The highest BCUT2D eigenvalue weighted by Gasteiger charge is 2.40. The minimum atomic E-state index is -3.60. The summed E-state index contributed by atoms with van der Waals surface area (Å²) in [6.45, 7) is 16.5. The first-order valence-corrected chi connectivity index (χ1v) is 24.0. The molecule has 1 atom stereocenters. The van der Waals surface area contributed by atoms with Crippen molar-refractivity contribution in [2.75, 3.05) is 17.5 Å². The standard InChI is InChI=1S/C46H57N3O6SSi/c1-45(2,3)57(7,8)55-43(39-23-26-42(41(28-39)49-56(6,52)53)54-32-33-13-10-9-11-14-33)31-48-46(4,5)29-34-15-12-16-35(27-34)30-47-44(51)38-19-17-36(18-20-38)37-21-24-40(50)25-22-37/h9-28,43,48-50H,29-32H2,1-8H3,(H,47,51)/t43-/m1/s1. The van der Waals surface area contributed by atoms with E-state index in [0.29, 0.717) is 43.1 Å². The number of phenols is 1. The molecule has 57 heavy (non-hydrogen) atoms. The Morgan fingerprint density at radius 2 is 1.39 bits per heavy atom. The van der Waals surface area contributed by atoms with Gasteiger partial charge in [-0.15, -0.1) is 0 Å². The summed E-state index contributed by atoms with van der Waals surface area (Å²) < 4.78 is 40.8. The first-order chi connectivity index (χ1) is 26.8. The molecule has 0 saturated heterocycles. The molecule has 0 aliphatic carbocycles. The van der Waals surface area contributed by atoms with Crippen molar-refractivity contribution < 1.29 is 27.5 Å². The van der Waals surface area contributed by atoms with Gasteiger partial charge in [-0.3, -0.25) is 9.52 Å². The van der Waals surface area contributed by atoms with E-state index in [2.05, 4.69) is 75.2 Å². The zero-order valence-electron chi connectivity index (χ0n) is 34.3. The Kier molecular flexibility index (Phi) is 13.7. The number of anilines is 1. The van der Waals surface area contributed by atoms with E-state index in [1.54, 1.807) is 24.3 Å². The molecule has 1 amide bonds. The van der Waals surface area contributed by atoms with Crippen LogP contribution in [0.15, 0.2) is 121 Å². The molecule has 0 fully saturated rings. The summed E-state index contributed by atoms with van der Waals surface area (Å²) in [7, 11) is -5.88. The third kappa shape index (κ3) is 12.8. The summed E-state index contributed by atoms with van der Waals surface area (Å²) in [4.78, 5) is 13.0. The number of phenolic OH excluding ortho intramolecular Hbond substituents is 1. The van der Waals surface area contributed by atoms with E-state index >= 15 is 0 Å². The summed E-state index contributed by atoms with van der Waals surface area (Å²) >= 11 is 0. The molecular weight excluding hydrogens is 751 g/mol. The summed E-state index contributed by atoms with van der Waals surface area (Å²) in [5.74, 6) is 0.494. The van der Waals surface area contributed by atoms with E-state index in [1.165, 1.54) is 0 Å². The Hall–Kier alpha value is -4.94. The SMILES string of the molecule is CC(C)(Cc1cccc(CNC(=O)c2ccc(-c3ccc(O)cc3)cc2)c1)NC[C@@H](O[Si](C)(C)C(C)(C)C)c1ccc(OCc2ccccc2)c(NS(C)(=O)=O)c1. The van der Waals surface area contributed by atoms with Gasteiger partial charge in [-0.25, -0.2) is 8.42 Å². The Labute approximate surface area is 340 Å². The monoisotopic (exact) mass is 807 g/mol. The molecule has 0 spiro atoms. The Morgan fingerprint density at radius 3 is 2.02 bits per heavy atom. The molecule has 11 heteroatoms. The molecule has 5 aromatic carbocycles. The van der Waals surface area contributed by atoms with Crippen LogP contribution in [0.4, 0.5) is 5.69 Å². The van der Waals surface area contributed by atoms with Gasteiger partial charge >= 0.3 is 0 Å². The fraction of sp³-hybridized carbons (Fsp3) is 0.326. The number of amides is 1. The fourth-order valence-corrected chi connectivity index (χ4v) is 8.04. The number of benzene rings is 5. The summed E-state index contributed by atoms with van der Waals surface area (Å²) in [5.41, 5.74) is 6.45. The van der Waals surface area contributed by atoms with Crippen LogP contribution < -0.4 is 20.1 Å². The van der Waals surface area contributed by atoms with Gasteiger partial charge in [-0.1, -0.05) is 106 Å². The van der Waals surface area contributed by atoms with Crippen LogP contribution in [0.2, 0.25) is 18.1 Å². The lowest BCUT2D eigenvalue weighted by molar-refractivity contribution is 0.0951. The van der Waals surface area contributed by atoms with Crippen molar-refractivity contribution in [2.45, 2.75) is 84.0 Å². The summed E-state index contributed by atoms with van der Waals surface area (Å²) in [6.07, 6.45) is 1.48. The van der Waals surface area contributed by atoms with Crippen LogP contribution >= 0.6 is 0 Å². The number of nitrogens with one attached hydrogen (secondary N) is 3. The quantitative estimate of drug-likeness (QED) is 0.0690. The van der Waals surface area contributed by atoms with Crippen molar-refractivity contribution >= 4 is 29.9 Å². The van der Waals surface area contributed by atoms with Crippen molar-refractivity contribution in [1.29, 1.82) is 0 Å². The number of rotatable bonds is 17. The van der Waals surface area contributed by atoms with Crippen LogP contribution in [0.5, 0.6) is 11.5 Å². The van der Waals surface area contributed by atoms with Crippen molar-refractivity contribution in [3.63, 3.8) is 0 Å².